The van der Waals surface area contributed by atoms with E-state index in [0.717, 1.165) is 67.1 Å². The van der Waals surface area contributed by atoms with Gasteiger partial charge in [-0.15, -0.1) is 11.3 Å². The van der Waals surface area contributed by atoms with Crippen molar-refractivity contribution in [1.29, 1.82) is 0 Å². The van der Waals surface area contributed by atoms with Gasteiger partial charge in [0.05, 0.1) is 5.41 Å². The highest BCUT2D eigenvalue weighted by Crippen LogP contribution is 2.63. The molecule has 5 heteroatoms. The summed E-state index contributed by atoms with van der Waals surface area (Å²) in [5.41, 5.74) is 13.8. The monoisotopic (exact) mass is 821 g/mol. The van der Waals surface area contributed by atoms with Crippen molar-refractivity contribution < 1.29 is 4.74 Å². The van der Waals surface area contributed by atoms with Crippen LogP contribution < -0.4 is 4.74 Å². The van der Waals surface area contributed by atoms with Crippen LogP contribution in [-0.2, 0) is 5.41 Å². The van der Waals surface area contributed by atoms with E-state index < -0.39 is 5.41 Å². The Morgan fingerprint density at radius 3 is 1.56 bits per heavy atom. The van der Waals surface area contributed by atoms with E-state index in [9.17, 15) is 0 Å². The van der Waals surface area contributed by atoms with Crippen molar-refractivity contribution in [2.24, 2.45) is 0 Å². The highest BCUT2D eigenvalue weighted by Gasteiger charge is 2.51. The van der Waals surface area contributed by atoms with E-state index >= 15 is 0 Å². The zero-order chi connectivity index (χ0) is 41.5. The molecule has 0 bridgehead atoms. The maximum atomic E-state index is 6.61. The van der Waals surface area contributed by atoms with Gasteiger partial charge in [-0.1, -0.05) is 194 Å². The number of aromatic nitrogens is 3. The normalized spacial score (nSPS) is 13.0. The number of rotatable bonds is 5. The molecule has 0 unspecified atom stereocenters. The molecule has 1 aliphatic heterocycles. The van der Waals surface area contributed by atoms with Gasteiger partial charge in [0.15, 0.2) is 17.5 Å². The molecule has 3 heterocycles. The summed E-state index contributed by atoms with van der Waals surface area (Å²) in [6.07, 6.45) is 0. The summed E-state index contributed by atoms with van der Waals surface area (Å²) in [6, 6.07) is 75.3. The Morgan fingerprint density at radius 1 is 0.333 bits per heavy atom. The number of nitrogens with zero attached hydrogens (tertiary/aromatic N) is 3. The average Bonchev–Trinajstić information content (AvgIpc) is 3.89. The fraction of sp³-hybridized carbons (Fsp3) is 0.0172. The molecule has 63 heavy (non-hydrogen) atoms. The Balaban J connectivity index is 1.00. The van der Waals surface area contributed by atoms with Crippen LogP contribution in [0.3, 0.4) is 0 Å². The summed E-state index contributed by atoms with van der Waals surface area (Å²) in [4.78, 5) is 15.9. The first-order chi connectivity index (χ1) is 31.2. The van der Waals surface area contributed by atoms with E-state index in [0.29, 0.717) is 17.5 Å². The summed E-state index contributed by atoms with van der Waals surface area (Å²) in [5.74, 6) is 3.58. The summed E-state index contributed by atoms with van der Waals surface area (Å²) < 4.78 is 9.20. The molecule has 0 radical (unpaired) electrons. The maximum absolute atomic E-state index is 6.61. The van der Waals surface area contributed by atoms with Crippen LogP contribution in [0.5, 0.6) is 11.5 Å². The van der Waals surface area contributed by atoms with Crippen molar-refractivity contribution in [1.82, 2.24) is 15.0 Å². The first kappa shape index (κ1) is 35.7. The molecule has 1 spiro atoms. The minimum atomic E-state index is -0.605. The lowest BCUT2D eigenvalue weighted by Gasteiger charge is -2.39. The second-order valence-electron chi connectivity index (χ2n) is 16.2. The zero-order valence-corrected chi connectivity index (χ0v) is 34.7. The van der Waals surface area contributed by atoms with Crippen molar-refractivity contribution in [3.8, 4) is 79.0 Å². The Bertz CT molecular complexity index is 3550. The maximum Gasteiger partial charge on any atom is 0.164 e. The number of hydrogen-bond acceptors (Lipinski definition) is 5. The van der Waals surface area contributed by atoms with E-state index in [2.05, 4.69) is 206 Å². The lowest BCUT2D eigenvalue weighted by atomic mass is 9.66. The van der Waals surface area contributed by atoms with Crippen molar-refractivity contribution in [3.63, 3.8) is 0 Å². The quantitative estimate of drug-likeness (QED) is 0.173. The molecule has 0 amide bonds. The number of fused-ring (bicyclic) bond motifs is 12. The summed E-state index contributed by atoms with van der Waals surface area (Å²) in [5, 5.41) is 2.58. The van der Waals surface area contributed by atoms with E-state index in [1.54, 1.807) is 0 Å². The van der Waals surface area contributed by atoms with Gasteiger partial charge >= 0.3 is 0 Å². The smallest absolute Gasteiger partial charge is 0.164 e. The predicted molar refractivity (Wildman–Crippen MR) is 257 cm³/mol. The highest BCUT2D eigenvalue weighted by molar-refractivity contribution is 7.26. The summed E-state index contributed by atoms with van der Waals surface area (Å²) >= 11 is 1.85. The largest absolute Gasteiger partial charge is 0.457 e. The molecule has 0 saturated heterocycles. The van der Waals surface area contributed by atoms with Gasteiger partial charge in [0, 0.05) is 48.0 Å². The Morgan fingerprint density at radius 2 is 0.825 bits per heavy atom. The third-order valence-electron chi connectivity index (χ3n) is 12.9. The zero-order valence-electron chi connectivity index (χ0n) is 33.9. The number of ether oxygens (including phenoxy) is 1. The molecular weight excluding hydrogens is 787 g/mol. The number of hydrogen-bond donors (Lipinski definition) is 0. The van der Waals surface area contributed by atoms with Crippen LogP contribution in [0.25, 0.3) is 87.7 Å². The lowest BCUT2D eigenvalue weighted by Crippen LogP contribution is -2.32. The topological polar surface area (TPSA) is 47.9 Å². The molecule has 1 aliphatic carbocycles. The minimum absolute atomic E-state index is 0.605. The van der Waals surface area contributed by atoms with Crippen LogP contribution in [0.15, 0.2) is 212 Å². The lowest BCUT2D eigenvalue weighted by molar-refractivity contribution is 0.436. The van der Waals surface area contributed by atoms with Gasteiger partial charge in [-0.2, -0.15) is 0 Å². The minimum Gasteiger partial charge on any atom is -0.457 e. The molecule has 0 saturated carbocycles. The molecule has 0 N–H and O–H groups in total. The van der Waals surface area contributed by atoms with E-state index in [1.165, 1.54) is 36.9 Å². The van der Waals surface area contributed by atoms with Crippen LogP contribution in [0.4, 0.5) is 0 Å². The van der Waals surface area contributed by atoms with Gasteiger partial charge in [-0.3, -0.25) is 0 Å². The second kappa shape index (κ2) is 14.0. The summed E-state index contributed by atoms with van der Waals surface area (Å²) in [6.45, 7) is 0. The molecule has 2 aromatic heterocycles. The predicted octanol–water partition coefficient (Wildman–Crippen LogP) is 15.0. The number of thiophene rings is 1. The van der Waals surface area contributed by atoms with Crippen LogP contribution in [0.2, 0.25) is 0 Å². The Hall–Kier alpha value is -7.99. The molecular formula is C58H35N3OS. The fourth-order valence-electron chi connectivity index (χ4n) is 10.1. The molecule has 0 atom stereocenters. The highest BCUT2D eigenvalue weighted by atomic mass is 32.1. The van der Waals surface area contributed by atoms with Crippen LogP contribution in [-0.4, -0.2) is 15.0 Å². The third kappa shape index (κ3) is 5.43. The molecule has 294 valence electrons. The van der Waals surface area contributed by atoms with Crippen molar-refractivity contribution in [2.45, 2.75) is 5.41 Å². The SMILES string of the molecule is c1ccc(-c2ccc(-c3nc(-c4ccc(-c5cccc6c5sc5ccccc56)cc4)nc(-c4cccc5c4-c4ccccc4C54c5ccccc5Oc5ccccc54)n3)cc2)cc1. The van der Waals surface area contributed by atoms with Crippen LogP contribution in [0.1, 0.15) is 22.3 Å². The van der Waals surface area contributed by atoms with Gasteiger partial charge in [-0.05, 0) is 62.7 Å². The van der Waals surface area contributed by atoms with Crippen molar-refractivity contribution in [3.05, 3.63) is 235 Å². The fourth-order valence-corrected chi connectivity index (χ4v) is 11.3. The first-order valence-electron chi connectivity index (χ1n) is 21.3. The molecule has 11 aromatic rings. The number of para-hydroxylation sites is 2. The van der Waals surface area contributed by atoms with E-state index in [-0.39, 0.29) is 0 Å². The average molecular weight is 822 g/mol. The van der Waals surface area contributed by atoms with E-state index in [4.69, 9.17) is 19.7 Å². The van der Waals surface area contributed by atoms with Gasteiger partial charge in [0.25, 0.3) is 0 Å². The molecule has 4 nitrogen and oxygen atoms in total. The van der Waals surface area contributed by atoms with Crippen molar-refractivity contribution in [2.75, 3.05) is 0 Å². The molecule has 2 aliphatic rings. The molecule has 9 aromatic carbocycles. The van der Waals surface area contributed by atoms with E-state index in [1.807, 2.05) is 17.4 Å². The Labute approximate surface area is 368 Å². The van der Waals surface area contributed by atoms with Crippen molar-refractivity contribution >= 4 is 31.5 Å². The van der Waals surface area contributed by atoms with Gasteiger partial charge in [-0.25, -0.2) is 15.0 Å². The first-order valence-corrected chi connectivity index (χ1v) is 22.1. The Kier molecular flexibility index (Phi) is 7.96. The van der Waals surface area contributed by atoms with Gasteiger partial charge in [0.2, 0.25) is 0 Å². The summed E-state index contributed by atoms with van der Waals surface area (Å²) in [7, 11) is 0. The number of benzene rings is 9. The standard InChI is InChI=1S/C58H35N3OS/c1-2-14-36(15-3-1)37-28-32-39(33-29-37)55-59-56(40-34-30-38(31-35-40)41-18-12-19-43-42-16-5-11-27-52(42)63-54(41)43)61-57(60-55)45-20-13-24-49-53(45)44-17-4-6-21-46(44)58(49)47-22-7-9-25-50(47)62-51-26-10-8-23-48(51)58/h1-35H. The van der Waals surface area contributed by atoms with Gasteiger partial charge in [0.1, 0.15) is 11.5 Å². The van der Waals surface area contributed by atoms with Gasteiger partial charge < -0.3 is 4.74 Å². The van der Waals surface area contributed by atoms with Crippen LogP contribution >= 0.6 is 11.3 Å². The van der Waals surface area contributed by atoms with Crippen LogP contribution in [0, 0.1) is 0 Å². The molecule has 0 fully saturated rings. The molecule has 13 rings (SSSR count). The third-order valence-corrected chi connectivity index (χ3v) is 14.1. The second-order valence-corrected chi connectivity index (χ2v) is 17.3.